The topological polar surface area (TPSA) is 20.3 Å². The zero-order valence-electron chi connectivity index (χ0n) is 12.4. The van der Waals surface area contributed by atoms with Gasteiger partial charge in [-0.2, -0.15) is 0 Å². The van der Waals surface area contributed by atoms with Crippen molar-refractivity contribution in [1.82, 2.24) is 4.90 Å². The first kappa shape index (κ1) is 14.0. The molecule has 1 heterocycles. The van der Waals surface area contributed by atoms with Gasteiger partial charge in [0, 0.05) is 5.92 Å². The molecule has 0 N–H and O–H groups in total. The van der Waals surface area contributed by atoms with E-state index in [1.54, 1.807) is 0 Å². The van der Waals surface area contributed by atoms with Crippen molar-refractivity contribution in [1.29, 1.82) is 0 Å². The normalized spacial score (nSPS) is 33.3. The average Bonchev–Trinajstić information content (AvgIpc) is 2.92. The summed E-state index contributed by atoms with van der Waals surface area (Å²) < 4.78 is 0. The molecule has 0 aromatic rings. The van der Waals surface area contributed by atoms with Gasteiger partial charge in [0.15, 0.2) is 5.78 Å². The van der Waals surface area contributed by atoms with Crippen molar-refractivity contribution >= 4 is 5.78 Å². The number of carbonyl (C=O) groups is 1. The summed E-state index contributed by atoms with van der Waals surface area (Å²) in [7, 11) is 0. The van der Waals surface area contributed by atoms with Crippen LogP contribution in [0.1, 0.15) is 65.7 Å². The summed E-state index contributed by atoms with van der Waals surface area (Å²) in [5, 5.41) is 0. The van der Waals surface area contributed by atoms with Gasteiger partial charge in [0.2, 0.25) is 0 Å². The molecule has 2 heteroatoms. The molecule has 0 bridgehead atoms. The van der Waals surface area contributed by atoms with Crippen LogP contribution in [0.5, 0.6) is 0 Å². The van der Waals surface area contributed by atoms with Gasteiger partial charge in [-0.15, -0.1) is 0 Å². The smallest absolute Gasteiger partial charge is 0.155 e. The van der Waals surface area contributed by atoms with E-state index in [0.29, 0.717) is 11.7 Å². The molecule has 1 aliphatic heterocycles. The van der Waals surface area contributed by atoms with Gasteiger partial charge < -0.3 is 0 Å². The molecule has 104 valence electrons. The molecule has 1 unspecified atom stereocenters. The van der Waals surface area contributed by atoms with Crippen molar-refractivity contribution in [2.45, 2.75) is 71.3 Å². The average molecular weight is 251 g/mol. The maximum atomic E-state index is 12.9. The van der Waals surface area contributed by atoms with E-state index in [2.05, 4.69) is 25.7 Å². The van der Waals surface area contributed by atoms with E-state index in [1.807, 2.05) is 0 Å². The molecule has 1 atom stereocenters. The second-order valence-electron chi connectivity index (χ2n) is 6.64. The molecule has 18 heavy (non-hydrogen) atoms. The summed E-state index contributed by atoms with van der Waals surface area (Å²) in [5.74, 6) is 1.71. The largest absolute Gasteiger partial charge is 0.297 e. The molecule has 1 saturated carbocycles. The number of likely N-dealkylation sites (tertiary alicyclic amines) is 1. The SMILES string of the molecule is CCC(C)(C(=O)C1CCC(C)CC1)N1CCCC1. The summed E-state index contributed by atoms with van der Waals surface area (Å²) in [5.41, 5.74) is -0.179. The third-order valence-electron chi connectivity index (χ3n) is 5.41. The zero-order chi connectivity index (χ0) is 13.2. The monoisotopic (exact) mass is 251 g/mol. The third-order valence-corrected chi connectivity index (χ3v) is 5.41. The Hall–Kier alpha value is -0.370. The van der Waals surface area contributed by atoms with E-state index < -0.39 is 0 Å². The fourth-order valence-electron chi connectivity index (χ4n) is 3.73. The molecule has 1 aliphatic carbocycles. The Morgan fingerprint density at radius 3 is 2.22 bits per heavy atom. The van der Waals surface area contributed by atoms with Gasteiger partial charge in [-0.3, -0.25) is 9.69 Å². The quantitative estimate of drug-likeness (QED) is 0.760. The predicted molar refractivity (Wildman–Crippen MR) is 75.6 cm³/mol. The number of carbonyl (C=O) groups excluding carboxylic acids is 1. The van der Waals surface area contributed by atoms with Crippen molar-refractivity contribution in [3.8, 4) is 0 Å². The lowest BCUT2D eigenvalue weighted by Gasteiger charge is -2.40. The first-order valence-electron chi connectivity index (χ1n) is 7.87. The fourth-order valence-corrected chi connectivity index (χ4v) is 3.73. The van der Waals surface area contributed by atoms with Crippen LogP contribution in [0.2, 0.25) is 0 Å². The molecule has 1 saturated heterocycles. The summed E-state index contributed by atoms with van der Waals surface area (Å²) in [4.78, 5) is 15.4. The molecule has 0 spiro atoms. The Kier molecular flexibility index (Phi) is 4.47. The van der Waals surface area contributed by atoms with E-state index in [4.69, 9.17) is 0 Å². The van der Waals surface area contributed by atoms with Crippen LogP contribution in [0, 0.1) is 11.8 Å². The van der Waals surface area contributed by atoms with Crippen molar-refractivity contribution in [3.63, 3.8) is 0 Å². The van der Waals surface area contributed by atoms with E-state index >= 15 is 0 Å². The van der Waals surface area contributed by atoms with Crippen LogP contribution in [0.15, 0.2) is 0 Å². The van der Waals surface area contributed by atoms with Gasteiger partial charge in [-0.05, 0) is 58.0 Å². The summed E-state index contributed by atoms with van der Waals surface area (Å²) >= 11 is 0. The number of nitrogens with zero attached hydrogens (tertiary/aromatic N) is 1. The first-order chi connectivity index (χ1) is 8.58. The molecular formula is C16H29NO. The van der Waals surface area contributed by atoms with Gasteiger partial charge >= 0.3 is 0 Å². The lowest BCUT2D eigenvalue weighted by atomic mass is 9.74. The first-order valence-corrected chi connectivity index (χ1v) is 7.87. The van der Waals surface area contributed by atoms with Crippen LogP contribution in [0.4, 0.5) is 0 Å². The number of ketones is 1. The van der Waals surface area contributed by atoms with E-state index in [1.165, 1.54) is 25.7 Å². The molecule has 0 radical (unpaired) electrons. The van der Waals surface area contributed by atoms with Gasteiger partial charge in [0.25, 0.3) is 0 Å². The minimum Gasteiger partial charge on any atom is -0.297 e. The van der Waals surface area contributed by atoms with Crippen LogP contribution in [-0.4, -0.2) is 29.3 Å². The van der Waals surface area contributed by atoms with Crippen molar-refractivity contribution < 1.29 is 4.79 Å². The van der Waals surface area contributed by atoms with Crippen LogP contribution in [-0.2, 0) is 4.79 Å². The van der Waals surface area contributed by atoms with E-state index in [-0.39, 0.29) is 5.54 Å². The highest BCUT2D eigenvalue weighted by atomic mass is 16.1. The summed E-state index contributed by atoms with van der Waals surface area (Å²) in [6.07, 6.45) is 8.26. The Labute approximate surface area is 112 Å². The lowest BCUT2D eigenvalue weighted by Crippen LogP contribution is -2.53. The number of Topliss-reactive ketones (excluding diaryl/α,β-unsaturated/α-hetero) is 1. The lowest BCUT2D eigenvalue weighted by molar-refractivity contribution is -0.135. The Morgan fingerprint density at radius 2 is 1.72 bits per heavy atom. The number of hydrogen-bond acceptors (Lipinski definition) is 2. The predicted octanol–water partition coefficient (Wildman–Crippen LogP) is 3.65. The maximum absolute atomic E-state index is 12.9. The Morgan fingerprint density at radius 1 is 1.17 bits per heavy atom. The van der Waals surface area contributed by atoms with Gasteiger partial charge in [0.1, 0.15) is 0 Å². The molecule has 0 amide bonds. The molecule has 2 rings (SSSR count). The van der Waals surface area contributed by atoms with Gasteiger partial charge in [-0.1, -0.05) is 26.7 Å². The number of rotatable bonds is 4. The highest BCUT2D eigenvalue weighted by Gasteiger charge is 2.42. The Bertz CT molecular complexity index is 287. The van der Waals surface area contributed by atoms with Crippen LogP contribution >= 0.6 is 0 Å². The van der Waals surface area contributed by atoms with Crippen LogP contribution in [0.3, 0.4) is 0 Å². The molecule has 2 nitrogen and oxygen atoms in total. The molecule has 0 aromatic heterocycles. The second kappa shape index (κ2) is 5.73. The fraction of sp³-hybridized carbons (Fsp3) is 0.938. The third kappa shape index (κ3) is 2.64. The molecule has 2 fully saturated rings. The number of hydrogen-bond donors (Lipinski definition) is 0. The molecule has 2 aliphatic rings. The molecular weight excluding hydrogens is 222 g/mol. The van der Waals surface area contributed by atoms with Crippen LogP contribution < -0.4 is 0 Å². The van der Waals surface area contributed by atoms with E-state index in [9.17, 15) is 4.79 Å². The summed E-state index contributed by atoms with van der Waals surface area (Å²) in [6, 6.07) is 0. The highest BCUT2D eigenvalue weighted by molar-refractivity contribution is 5.90. The maximum Gasteiger partial charge on any atom is 0.155 e. The summed E-state index contributed by atoms with van der Waals surface area (Å²) in [6.45, 7) is 8.94. The van der Waals surface area contributed by atoms with Crippen molar-refractivity contribution in [3.05, 3.63) is 0 Å². The molecule has 0 aromatic carbocycles. The van der Waals surface area contributed by atoms with Gasteiger partial charge in [-0.25, -0.2) is 0 Å². The van der Waals surface area contributed by atoms with E-state index in [0.717, 1.165) is 38.3 Å². The minimum absolute atomic E-state index is 0.179. The van der Waals surface area contributed by atoms with Gasteiger partial charge in [0.05, 0.1) is 5.54 Å². The minimum atomic E-state index is -0.179. The standard InChI is InChI=1S/C16H29NO/c1-4-16(3,17-11-5-6-12-17)15(18)14-9-7-13(2)8-10-14/h13-14H,4-12H2,1-3H3. The Balaban J connectivity index is 2.04. The van der Waals surface area contributed by atoms with Crippen LogP contribution in [0.25, 0.3) is 0 Å². The van der Waals surface area contributed by atoms with Crippen molar-refractivity contribution in [2.75, 3.05) is 13.1 Å². The van der Waals surface area contributed by atoms with Crippen molar-refractivity contribution in [2.24, 2.45) is 11.8 Å². The second-order valence-corrected chi connectivity index (χ2v) is 6.64. The zero-order valence-corrected chi connectivity index (χ0v) is 12.4. The highest BCUT2D eigenvalue weighted by Crippen LogP contribution is 2.35.